The molecule has 6 nitrogen and oxygen atoms in total. The third-order valence-electron chi connectivity index (χ3n) is 4.53. The summed E-state index contributed by atoms with van der Waals surface area (Å²) in [5, 5.41) is 2.09. The smallest absolute Gasteiger partial charge is 0.276 e. The van der Waals surface area contributed by atoms with Crippen LogP contribution in [0.2, 0.25) is 0 Å². The molecule has 3 aromatic rings. The van der Waals surface area contributed by atoms with E-state index in [1.54, 1.807) is 13.2 Å². The summed E-state index contributed by atoms with van der Waals surface area (Å²) in [6.45, 7) is 1.88. The van der Waals surface area contributed by atoms with Crippen LogP contribution in [0.3, 0.4) is 0 Å². The van der Waals surface area contributed by atoms with Crippen molar-refractivity contribution in [3.8, 4) is 11.5 Å². The topological polar surface area (TPSA) is 76.7 Å². The predicted molar refractivity (Wildman–Crippen MR) is 117 cm³/mol. The Morgan fingerprint density at radius 3 is 2.33 bits per heavy atom. The first-order valence-electron chi connectivity index (χ1n) is 9.64. The normalized spacial score (nSPS) is 10.7. The zero-order chi connectivity index (χ0) is 21.3. The number of fused-ring (bicyclic) bond motifs is 1. The molecule has 3 rings (SSSR count). The Morgan fingerprint density at radius 1 is 0.900 bits per heavy atom. The molecule has 0 saturated carbocycles. The van der Waals surface area contributed by atoms with Crippen LogP contribution < -0.4 is 20.3 Å². The van der Waals surface area contributed by atoms with Gasteiger partial charge >= 0.3 is 0 Å². The lowest BCUT2D eigenvalue weighted by Crippen LogP contribution is -2.43. The SMILES string of the molecule is CCc1ccc(OCC(=O)NNC(=O)/C=C/c2ccc3cc(OC)ccc3c2)cc1. The number of hydrogen-bond donors (Lipinski definition) is 2. The number of hydrazine groups is 1. The van der Waals surface area contributed by atoms with E-state index in [9.17, 15) is 9.59 Å². The van der Waals surface area contributed by atoms with Gasteiger partial charge < -0.3 is 9.47 Å². The number of ether oxygens (including phenoxy) is 2. The van der Waals surface area contributed by atoms with Crippen LogP contribution in [0.25, 0.3) is 16.8 Å². The fourth-order valence-electron chi connectivity index (χ4n) is 2.82. The van der Waals surface area contributed by atoms with Gasteiger partial charge in [0.25, 0.3) is 11.8 Å². The van der Waals surface area contributed by atoms with E-state index in [0.717, 1.165) is 28.5 Å². The molecule has 0 aromatic heterocycles. The summed E-state index contributed by atoms with van der Waals surface area (Å²) in [7, 11) is 1.63. The van der Waals surface area contributed by atoms with Crippen LogP contribution in [0.15, 0.2) is 66.7 Å². The molecule has 0 aliphatic heterocycles. The second-order valence-electron chi connectivity index (χ2n) is 6.63. The molecule has 0 saturated heterocycles. The van der Waals surface area contributed by atoms with Crippen LogP contribution in [0.5, 0.6) is 11.5 Å². The van der Waals surface area contributed by atoms with Gasteiger partial charge in [-0.25, -0.2) is 0 Å². The average Bonchev–Trinajstić information content (AvgIpc) is 2.79. The van der Waals surface area contributed by atoms with Gasteiger partial charge in [-0.15, -0.1) is 0 Å². The number of rotatable bonds is 7. The molecule has 30 heavy (non-hydrogen) atoms. The highest BCUT2D eigenvalue weighted by Gasteiger charge is 2.04. The van der Waals surface area contributed by atoms with E-state index in [0.29, 0.717) is 5.75 Å². The van der Waals surface area contributed by atoms with Crippen molar-refractivity contribution in [1.82, 2.24) is 10.9 Å². The highest BCUT2D eigenvalue weighted by molar-refractivity contribution is 5.94. The monoisotopic (exact) mass is 404 g/mol. The van der Waals surface area contributed by atoms with Crippen molar-refractivity contribution in [2.75, 3.05) is 13.7 Å². The van der Waals surface area contributed by atoms with Gasteiger partial charge in [0.1, 0.15) is 11.5 Å². The molecule has 2 N–H and O–H groups in total. The number of benzene rings is 3. The van der Waals surface area contributed by atoms with E-state index < -0.39 is 11.8 Å². The fourth-order valence-corrected chi connectivity index (χ4v) is 2.82. The zero-order valence-corrected chi connectivity index (χ0v) is 17.0. The van der Waals surface area contributed by atoms with E-state index in [-0.39, 0.29) is 6.61 Å². The van der Waals surface area contributed by atoms with Crippen molar-refractivity contribution in [3.63, 3.8) is 0 Å². The van der Waals surface area contributed by atoms with Gasteiger partial charge in [0.05, 0.1) is 7.11 Å². The molecule has 154 valence electrons. The van der Waals surface area contributed by atoms with E-state index in [1.165, 1.54) is 11.6 Å². The van der Waals surface area contributed by atoms with Gasteiger partial charge in [0.15, 0.2) is 6.61 Å². The Labute approximate surface area is 175 Å². The quantitative estimate of drug-likeness (QED) is 0.466. The van der Waals surface area contributed by atoms with Crippen molar-refractivity contribution in [3.05, 3.63) is 77.9 Å². The lowest BCUT2D eigenvalue weighted by atomic mass is 10.1. The number of aryl methyl sites for hydroxylation is 1. The Hall–Kier alpha value is -3.80. The van der Waals surface area contributed by atoms with Crippen molar-refractivity contribution >= 4 is 28.7 Å². The molecular formula is C24H24N2O4. The van der Waals surface area contributed by atoms with Gasteiger partial charge in [-0.3, -0.25) is 20.4 Å². The molecule has 0 spiro atoms. The first-order chi connectivity index (χ1) is 14.6. The van der Waals surface area contributed by atoms with Crippen molar-refractivity contribution in [2.24, 2.45) is 0 Å². The lowest BCUT2D eigenvalue weighted by molar-refractivity contribution is -0.128. The van der Waals surface area contributed by atoms with Crippen molar-refractivity contribution in [1.29, 1.82) is 0 Å². The van der Waals surface area contributed by atoms with Crippen LogP contribution in [0.4, 0.5) is 0 Å². The van der Waals surface area contributed by atoms with Gasteiger partial charge in [0.2, 0.25) is 0 Å². The molecule has 0 heterocycles. The van der Waals surface area contributed by atoms with Gasteiger partial charge in [0, 0.05) is 6.08 Å². The zero-order valence-electron chi connectivity index (χ0n) is 17.0. The largest absolute Gasteiger partial charge is 0.497 e. The predicted octanol–water partition coefficient (Wildman–Crippen LogP) is 3.65. The minimum atomic E-state index is -0.448. The van der Waals surface area contributed by atoms with Gasteiger partial charge in [-0.05, 0) is 64.7 Å². The van der Waals surface area contributed by atoms with E-state index in [1.807, 2.05) is 60.7 Å². The Morgan fingerprint density at radius 2 is 1.60 bits per heavy atom. The van der Waals surface area contributed by atoms with Gasteiger partial charge in [-0.1, -0.05) is 37.3 Å². The summed E-state index contributed by atoms with van der Waals surface area (Å²) in [5.74, 6) is 0.506. The van der Waals surface area contributed by atoms with Crippen LogP contribution in [-0.2, 0) is 16.0 Å². The summed E-state index contributed by atoms with van der Waals surface area (Å²) < 4.78 is 10.6. The number of carbonyl (C=O) groups is 2. The molecule has 2 amide bonds. The minimum absolute atomic E-state index is 0.191. The molecule has 0 fully saturated rings. The van der Waals surface area contributed by atoms with E-state index in [4.69, 9.17) is 9.47 Å². The average molecular weight is 404 g/mol. The van der Waals surface area contributed by atoms with Crippen molar-refractivity contribution < 1.29 is 19.1 Å². The molecule has 0 unspecified atom stereocenters. The van der Waals surface area contributed by atoms with Gasteiger partial charge in [-0.2, -0.15) is 0 Å². The number of carbonyl (C=O) groups excluding carboxylic acids is 2. The third kappa shape index (κ3) is 5.85. The second-order valence-corrected chi connectivity index (χ2v) is 6.63. The third-order valence-corrected chi connectivity index (χ3v) is 4.53. The summed E-state index contributed by atoms with van der Waals surface area (Å²) in [4.78, 5) is 23.8. The molecule has 6 heteroatoms. The minimum Gasteiger partial charge on any atom is -0.497 e. The van der Waals surface area contributed by atoms with E-state index in [2.05, 4.69) is 17.8 Å². The van der Waals surface area contributed by atoms with Crippen LogP contribution in [0, 0.1) is 0 Å². The second kappa shape index (κ2) is 10.1. The molecule has 0 atom stereocenters. The van der Waals surface area contributed by atoms with Crippen LogP contribution >= 0.6 is 0 Å². The maximum atomic E-state index is 11.9. The summed E-state index contributed by atoms with van der Waals surface area (Å²) in [6, 6.07) is 19.1. The maximum absolute atomic E-state index is 11.9. The highest BCUT2D eigenvalue weighted by Crippen LogP contribution is 2.22. The van der Waals surface area contributed by atoms with Crippen molar-refractivity contribution in [2.45, 2.75) is 13.3 Å². The molecule has 0 aliphatic rings. The van der Waals surface area contributed by atoms with Crippen LogP contribution in [-0.4, -0.2) is 25.5 Å². The Bertz CT molecular complexity index is 1060. The molecule has 0 bridgehead atoms. The first kappa shape index (κ1) is 20.9. The summed E-state index contributed by atoms with van der Waals surface area (Å²) >= 11 is 0. The molecule has 3 aromatic carbocycles. The Kier molecular flexibility index (Phi) is 7.05. The first-order valence-corrected chi connectivity index (χ1v) is 9.64. The number of amides is 2. The summed E-state index contributed by atoms with van der Waals surface area (Å²) in [6.07, 6.45) is 3.97. The molecular weight excluding hydrogens is 380 g/mol. The Balaban J connectivity index is 1.46. The number of methoxy groups -OCH3 is 1. The number of hydrogen-bond acceptors (Lipinski definition) is 4. The fraction of sp³-hybridized carbons (Fsp3) is 0.167. The molecule has 0 aliphatic carbocycles. The lowest BCUT2D eigenvalue weighted by Gasteiger charge is -2.08. The van der Waals surface area contributed by atoms with Crippen LogP contribution in [0.1, 0.15) is 18.1 Å². The standard InChI is InChI=1S/C24H24N2O4/c1-3-17-5-10-21(11-6-17)30-16-24(28)26-25-23(27)13-7-18-4-8-20-15-22(29-2)12-9-19(20)14-18/h4-15H,3,16H2,1-2H3,(H,25,27)(H,26,28)/b13-7+. The summed E-state index contributed by atoms with van der Waals surface area (Å²) in [5.41, 5.74) is 6.72. The number of nitrogens with one attached hydrogen (secondary N) is 2. The maximum Gasteiger partial charge on any atom is 0.276 e. The molecule has 0 radical (unpaired) electrons. The van der Waals surface area contributed by atoms with E-state index >= 15 is 0 Å². The highest BCUT2D eigenvalue weighted by atomic mass is 16.5.